The fraction of sp³-hybridized carbons (Fsp3) is 0.214. The Morgan fingerprint density at radius 2 is 2.00 bits per heavy atom. The first-order valence-electron chi connectivity index (χ1n) is 5.93. The topological polar surface area (TPSA) is 78.7 Å². The SMILES string of the molecule is Cc1c(C)c(=O)n(Cc2cc(C#N)ccc2F)[nH]c1=O. The number of H-pyrrole nitrogens is 1. The number of hydrogen-bond donors (Lipinski definition) is 1. The van der Waals surface area contributed by atoms with Gasteiger partial charge in [-0.25, -0.2) is 9.07 Å². The van der Waals surface area contributed by atoms with E-state index in [4.69, 9.17) is 5.26 Å². The van der Waals surface area contributed by atoms with E-state index in [0.717, 1.165) is 10.7 Å². The number of halogens is 1. The van der Waals surface area contributed by atoms with E-state index >= 15 is 0 Å². The number of benzene rings is 1. The highest BCUT2D eigenvalue weighted by atomic mass is 19.1. The van der Waals surface area contributed by atoms with Gasteiger partial charge < -0.3 is 0 Å². The summed E-state index contributed by atoms with van der Waals surface area (Å²) in [6.45, 7) is 2.97. The maximum atomic E-state index is 13.7. The van der Waals surface area contributed by atoms with Crippen molar-refractivity contribution in [2.24, 2.45) is 0 Å². The van der Waals surface area contributed by atoms with E-state index in [1.54, 1.807) is 13.8 Å². The average molecular weight is 273 g/mol. The van der Waals surface area contributed by atoms with Crippen molar-refractivity contribution < 1.29 is 4.39 Å². The van der Waals surface area contributed by atoms with E-state index in [2.05, 4.69) is 5.10 Å². The Labute approximate surface area is 113 Å². The molecule has 1 aromatic heterocycles. The number of nitrogens with zero attached hydrogens (tertiary/aromatic N) is 2. The summed E-state index contributed by atoms with van der Waals surface area (Å²) < 4.78 is 14.7. The third-order valence-corrected chi connectivity index (χ3v) is 3.21. The maximum absolute atomic E-state index is 13.7. The number of aromatic amines is 1. The number of nitrogens with one attached hydrogen (secondary N) is 1. The lowest BCUT2D eigenvalue weighted by Crippen LogP contribution is -2.33. The van der Waals surface area contributed by atoms with Crippen LogP contribution in [0.5, 0.6) is 0 Å². The van der Waals surface area contributed by atoms with Crippen LogP contribution >= 0.6 is 0 Å². The van der Waals surface area contributed by atoms with Crippen molar-refractivity contribution in [2.45, 2.75) is 20.4 Å². The van der Waals surface area contributed by atoms with Gasteiger partial charge in [-0.3, -0.25) is 14.7 Å². The second kappa shape index (κ2) is 5.13. The molecule has 0 saturated carbocycles. The van der Waals surface area contributed by atoms with Crippen molar-refractivity contribution in [3.63, 3.8) is 0 Å². The van der Waals surface area contributed by atoms with Crippen molar-refractivity contribution in [3.05, 3.63) is 67.0 Å². The molecule has 20 heavy (non-hydrogen) atoms. The third kappa shape index (κ3) is 2.38. The summed E-state index contributed by atoms with van der Waals surface area (Å²) in [6, 6.07) is 5.77. The van der Waals surface area contributed by atoms with E-state index in [1.165, 1.54) is 12.1 Å². The summed E-state index contributed by atoms with van der Waals surface area (Å²) in [6.07, 6.45) is 0. The molecule has 0 saturated heterocycles. The molecule has 0 aliphatic rings. The Kier molecular flexibility index (Phi) is 3.53. The fourth-order valence-corrected chi connectivity index (χ4v) is 1.84. The lowest BCUT2D eigenvalue weighted by molar-refractivity contribution is 0.564. The van der Waals surface area contributed by atoms with Crippen molar-refractivity contribution >= 4 is 0 Å². The van der Waals surface area contributed by atoms with Gasteiger partial charge in [-0.1, -0.05) is 0 Å². The minimum atomic E-state index is -0.532. The normalized spacial score (nSPS) is 10.3. The quantitative estimate of drug-likeness (QED) is 0.893. The summed E-state index contributed by atoms with van der Waals surface area (Å²) in [4.78, 5) is 23.7. The number of nitriles is 1. The van der Waals surface area contributed by atoms with E-state index in [-0.39, 0.29) is 23.2 Å². The Balaban J connectivity index is 2.54. The number of rotatable bonds is 2. The monoisotopic (exact) mass is 273 g/mol. The molecule has 0 atom stereocenters. The van der Waals surface area contributed by atoms with Crippen molar-refractivity contribution in [3.8, 4) is 6.07 Å². The summed E-state index contributed by atoms with van der Waals surface area (Å²) in [5.74, 6) is -0.532. The Bertz CT molecular complexity index is 828. The molecule has 0 unspecified atom stereocenters. The smallest absolute Gasteiger partial charge is 0.268 e. The van der Waals surface area contributed by atoms with Gasteiger partial charge in [0.15, 0.2) is 0 Å². The van der Waals surface area contributed by atoms with Gasteiger partial charge in [-0.15, -0.1) is 0 Å². The van der Waals surface area contributed by atoms with Crippen LogP contribution < -0.4 is 11.1 Å². The van der Waals surface area contributed by atoms with Crippen LogP contribution in [-0.4, -0.2) is 9.78 Å². The predicted octanol–water partition coefficient (Wildman–Crippen LogP) is 1.21. The molecular weight excluding hydrogens is 261 g/mol. The van der Waals surface area contributed by atoms with Crippen molar-refractivity contribution in [1.82, 2.24) is 9.78 Å². The van der Waals surface area contributed by atoms with Gasteiger partial charge in [-0.05, 0) is 32.0 Å². The highest BCUT2D eigenvalue weighted by molar-refractivity contribution is 5.34. The molecule has 5 nitrogen and oxygen atoms in total. The molecule has 6 heteroatoms. The Morgan fingerprint density at radius 3 is 2.65 bits per heavy atom. The summed E-state index contributed by atoms with van der Waals surface area (Å²) in [5.41, 5.74) is 0.358. The molecule has 2 aromatic rings. The van der Waals surface area contributed by atoms with Gasteiger partial charge in [0, 0.05) is 16.7 Å². The van der Waals surface area contributed by atoms with E-state index in [0.29, 0.717) is 16.7 Å². The standard InChI is InChI=1S/C14H12FN3O2/c1-8-9(2)14(20)18(17-13(8)19)7-11-5-10(6-16)3-4-12(11)15/h3-5H,7H2,1-2H3,(H,17,19). The van der Waals surface area contributed by atoms with Crippen molar-refractivity contribution in [1.29, 1.82) is 5.26 Å². The Morgan fingerprint density at radius 1 is 1.30 bits per heavy atom. The van der Waals surface area contributed by atoms with Gasteiger partial charge in [0.05, 0.1) is 18.2 Å². The molecule has 0 bridgehead atoms. The lowest BCUT2D eigenvalue weighted by atomic mass is 10.1. The fourth-order valence-electron chi connectivity index (χ4n) is 1.84. The van der Waals surface area contributed by atoms with E-state index in [1.807, 2.05) is 6.07 Å². The zero-order valence-corrected chi connectivity index (χ0v) is 11.0. The van der Waals surface area contributed by atoms with Crippen LogP contribution in [0, 0.1) is 31.0 Å². The van der Waals surface area contributed by atoms with Crippen LogP contribution in [0.4, 0.5) is 4.39 Å². The third-order valence-electron chi connectivity index (χ3n) is 3.21. The molecular formula is C14H12FN3O2. The molecule has 1 heterocycles. The summed E-state index contributed by atoms with van der Waals surface area (Å²) in [7, 11) is 0. The second-order valence-corrected chi connectivity index (χ2v) is 4.50. The highest BCUT2D eigenvalue weighted by Gasteiger charge is 2.10. The molecule has 0 spiro atoms. The highest BCUT2D eigenvalue weighted by Crippen LogP contribution is 2.10. The van der Waals surface area contributed by atoms with Crippen LogP contribution in [0.15, 0.2) is 27.8 Å². The minimum absolute atomic E-state index is 0.128. The van der Waals surface area contributed by atoms with E-state index < -0.39 is 5.82 Å². The van der Waals surface area contributed by atoms with Crippen molar-refractivity contribution in [2.75, 3.05) is 0 Å². The zero-order valence-electron chi connectivity index (χ0n) is 11.0. The van der Waals surface area contributed by atoms with Gasteiger partial charge in [0.2, 0.25) is 0 Å². The van der Waals surface area contributed by atoms with Gasteiger partial charge in [-0.2, -0.15) is 5.26 Å². The maximum Gasteiger partial charge on any atom is 0.268 e. The predicted molar refractivity (Wildman–Crippen MR) is 71.0 cm³/mol. The molecule has 2 rings (SSSR count). The van der Waals surface area contributed by atoms with Gasteiger partial charge >= 0.3 is 0 Å². The second-order valence-electron chi connectivity index (χ2n) is 4.50. The zero-order chi connectivity index (χ0) is 14.9. The summed E-state index contributed by atoms with van der Waals surface area (Å²) in [5, 5.41) is 11.2. The van der Waals surface area contributed by atoms with E-state index in [9.17, 15) is 14.0 Å². The van der Waals surface area contributed by atoms with Crippen LogP contribution in [0.1, 0.15) is 22.3 Å². The molecule has 102 valence electrons. The first-order valence-corrected chi connectivity index (χ1v) is 5.93. The molecule has 1 N–H and O–H groups in total. The molecule has 0 radical (unpaired) electrons. The van der Waals surface area contributed by atoms with Gasteiger partial charge in [0.25, 0.3) is 11.1 Å². The Hall–Kier alpha value is -2.68. The van der Waals surface area contributed by atoms with Gasteiger partial charge in [0.1, 0.15) is 5.82 Å². The summed E-state index contributed by atoms with van der Waals surface area (Å²) >= 11 is 0. The molecule has 0 fully saturated rings. The van der Waals surface area contributed by atoms with Crippen LogP contribution in [0.25, 0.3) is 0 Å². The largest absolute Gasteiger partial charge is 0.268 e. The first-order chi connectivity index (χ1) is 9.43. The molecule has 0 aliphatic carbocycles. The minimum Gasteiger partial charge on any atom is -0.268 e. The van der Waals surface area contributed by atoms with Crippen LogP contribution in [-0.2, 0) is 6.54 Å². The number of hydrogen-bond acceptors (Lipinski definition) is 3. The van der Waals surface area contributed by atoms with Crippen LogP contribution in [0.2, 0.25) is 0 Å². The molecule has 0 amide bonds. The lowest BCUT2D eigenvalue weighted by Gasteiger charge is -2.09. The molecule has 0 aliphatic heterocycles. The van der Waals surface area contributed by atoms with Crippen LogP contribution in [0.3, 0.4) is 0 Å². The average Bonchev–Trinajstić information content (AvgIpc) is 2.44. The first kappa shape index (κ1) is 13.7. The molecule has 1 aromatic carbocycles. The number of aromatic nitrogens is 2.